The fraction of sp³-hybridized carbons (Fsp3) is 0.625. The van der Waals surface area contributed by atoms with E-state index < -0.39 is 0 Å². The average molecular weight is 291 g/mol. The smallest absolute Gasteiger partial charge is 0.253 e. The molecule has 1 amide bonds. The summed E-state index contributed by atoms with van der Waals surface area (Å²) in [5.41, 5.74) is 0.611. The molecule has 1 heterocycles. The second-order valence-electron chi connectivity index (χ2n) is 6.60. The minimum absolute atomic E-state index is 0.00117. The number of fused-ring (bicyclic) bond motifs is 5. The second-order valence-corrected chi connectivity index (χ2v) is 6.99. The van der Waals surface area contributed by atoms with Crippen molar-refractivity contribution in [3.63, 3.8) is 0 Å². The highest BCUT2D eigenvalue weighted by Crippen LogP contribution is 2.58. The molecule has 1 N–H and O–H groups in total. The van der Waals surface area contributed by atoms with Crippen molar-refractivity contribution in [3.05, 3.63) is 29.0 Å². The molecular formula is C16H19ClN2O. The molecule has 0 aliphatic heterocycles. The van der Waals surface area contributed by atoms with Crippen LogP contribution in [0.25, 0.3) is 0 Å². The molecule has 3 aliphatic carbocycles. The van der Waals surface area contributed by atoms with Crippen molar-refractivity contribution in [2.24, 2.45) is 23.7 Å². The van der Waals surface area contributed by atoms with Crippen LogP contribution in [0.5, 0.6) is 0 Å². The van der Waals surface area contributed by atoms with Crippen LogP contribution < -0.4 is 5.32 Å². The van der Waals surface area contributed by atoms with Crippen LogP contribution >= 0.6 is 11.6 Å². The van der Waals surface area contributed by atoms with Crippen molar-refractivity contribution in [2.75, 3.05) is 0 Å². The topological polar surface area (TPSA) is 42.0 Å². The molecule has 4 rings (SSSR count). The lowest BCUT2D eigenvalue weighted by molar-refractivity contribution is 0.0901. The fourth-order valence-corrected chi connectivity index (χ4v) is 5.11. The summed E-state index contributed by atoms with van der Waals surface area (Å²) in [5.74, 6) is 3.42. The summed E-state index contributed by atoms with van der Waals surface area (Å²) in [6.45, 7) is 0. The lowest BCUT2D eigenvalue weighted by Crippen LogP contribution is -2.42. The Labute approximate surface area is 124 Å². The quantitative estimate of drug-likeness (QED) is 0.849. The third-order valence-electron chi connectivity index (χ3n) is 5.73. The second kappa shape index (κ2) is 4.73. The van der Waals surface area contributed by atoms with Crippen LogP contribution in [0, 0.1) is 23.7 Å². The molecule has 20 heavy (non-hydrogen) atoms. The molecule has 4 heteroatoms. The Hall–Kier alpha value is -1.09. The van der Waals surface area contributed by atoms with Crippen LogP contribution in [-0.4, -0.2) is 16.9 Å². The Bertz CT molecular complexity index is 530. The number of nitrogens with zero attached hydrogens (tertiary/aromatic N) is 1. The first-order valence-electron chi connectivity index (χ1n) is 7.65. The van der Waals surface area contributed by atoms with Crippen LogP contribution in [-0.2, 0) is 0 Å². The van der Waals surface area contributed by atoms with Gasteiger partial charge in [0.25, 0.3) is 5.91 Å². The van der Waals surface area contributed by atoms with Crippen molar-refractivity contribution in [1.82, 2.24) is 10.3 Å². The third-order valence-corrected chi connectivity index (χ3v) is 5.96. The minimum Gasteiger partial charge on any atom is -0.349 e. The SMILES string of the molecule is O=C(N[C@@H]1C[C@H]2C[C@H]1[C@H]1CCC[C@H]21)c1ccc(Cl)nc1. The number of carbonyl (C=O) groups is 1. The van der Waals surface area contributed by atoms with E-state index in [0.29, 0.717) is 16.8 Å². The molecule has 3 aliphatic rings. The van der Waals surface area contributed by atoms with Gasteiger partial charge in [-0.1, -0.05) is 18.0 Å². The molecule has 1 aromatic heterocycles. The standard InChI is InChI=1S/C16H19ClN2O/c17-15-5-4-9(8-18-15)16(20)19-14-7-10-6-13(14)12-3-1-2-11(10)12/h4-5,8,10-14H,1-3,6-7H2,(H,19,20)/t10-,11-,12+,13+,14-/m1/s1. The summed E-state index contributed by atoms with van der Waals surface area (Å²) in [6.07, 6.45) is 8.26. The predicted molar refractivity (Wildman–Crippen MR) is 77.5 cm³/mol. The number of amides is 1. The molecule has 0 saturated heterocycles. The van der Waals surface area contributed by atoms with Crippen LogP contribution in [0.3, 0.4) is 0 Å². The van der Waals surface area contributed by atoms with E-state index in [-0.39, 0.29) is 5.91 Å². The fourth-order valence-electron chi connectivity index (χ4n) is 5.00. The Morgan fingerprint density at radius 1 is 1.20 bits per heavy atom. The number of rotatable bonds is 2. The largest absolute Gasteiger partial charge is 0.349 e. The molecular weight excluding hydrogens is 272 g/mol. The molecule has 0 aromatic carbocycles. The lowest BCUT2D eigenvalue weighted by atomic mass is 9.79. The Kier molecular flexibility index (Phi) is 2.99. The first-order valence-corrected chi connectivity index (χ1v) is 8.02. The zero-order valence-electron chi connectivity index (χ0n) is 11.4. The molecule has 3 fully saturated rings. The van der Waals surface area contributed by atoms with Gasteiger partial charge in [-0.25, -0.2) is 4.98 Å². The summed E-state index contributed by atoms with van der Waals surface area (Å²) >= 11 is 5.76. The first-order chi connectivity index (χ1) is 9.72. The molecule has 106 valence electrons. The number of nitrogens with one attached hydrogen (secondary N) is 1. The molecule has 5 atom stereocenters. The maximum atomic E-state index is 12.3. The number of aromatic nitrogens is 1. The van der Waals surface area contributed by atoms with Crippen molar-refractivity contribution >= 4 is 17.5 Å². The van der Waals surface area contributed by atoms with Crippen molar-refractivity contribution in [1.29, 1.82) is 0 Å². The zero-order valence-corrected chi connectivity index (χ0v) is 12.1. The molecule has 3 saturated carbocycles. The van der Waals surface area contributed by atoms with Crippen molar-refractivity contribution in [3.8, 4) is 0 Å². The van der Waals surface area contributed by atoms with Gasteiger partial charge in [0.1, 0.15) is 5.15 Å². The molecule has 0 spiro atoms. The lowest BCUT2D eigenvalue weighted by Gasteiger charge is -2.32. The summed E-state index contributed by atoms with van der Waals surface area (Å²) in [5, 5.41) is 3.66. The van der Waals surface area contributed by atoms with E-state index in [1.807, 2.05) is 0 Å². The Morgan fingerprint density at radius 3 is 2.85 bits per heavy atom. The van der Waals surface area contributed by atoms with Crippen LogP contribution in [0.1, 0.15) is 42.5 Å². The predicted octanol–water partition coefficient (Wildman–Crippen LogP) is 3.29. The number of carbonyl (C=O) groups excluding carboxylic acids is 1. The van der Waals surface area contributed by atoms with Crippen LogP contribution in [0.15, 0.2) is 18.3 Å². The summed E-state index contributed by atoms with van der Waals surface area (Å²) < 4.78 is 0. The number of hydrogen-bond acceptors (Lipinski definition) is 2. The van der Waals surface area contributed by atoms with Crippen molar-refractivity contribution < 1.29 is 4.79 Å². The van der Waals surface area contributed by atoms with Crippen molar-refractivity contribution in [2.45, 2.75) is 38.1 Å². The molecule has 3 nitrogen and oxygen atoms in total. The van der Waals surface area contributed by atoms with E-state index in [1.54, 1.807) is 18.3 Å². The minimum atomic E-state index is 0.00117. The normalized spacial score (nSPS) is 38.0. The van der Waals surface area contributed by atoms with E-state index >= 15 is 0 Å². The molecule has 0 radical (unpaired) electrons. The van der Waals surface area contributed by atoms with E-state index in [0.717, 1.165) is 23.7 Å². The Balaban J connectivity index is 1.45. The van der Waals surface area contributed by atoms with Gasteiger partial charge in [-0.05, 0) is 61.5 Å². The van der Waals surface area contributed by atoms with Gasteiger partial charge in [-0.3, -0.25) is 4.79 Å². The van der Waals surface area contributed by atoms with Gasteiger partial charge in [0.15, 0.2) is 0 Å². The van der Waals surface area contributed by atoms with Crippen LogP contribution in [0.4, 0.5) is 0 Å². The van der Waals surface area contributed by atoms with Gasteiger partial charge in [0.2, 0.25) is 0 Å². The molecule has 1 aromatic rings. The average Bonchev–Trinajstić information content (AvgIpc) is 3.11. The highest BCUT2D eigenvalue weighted by Gasteiger charge is 2.54. The van der Waals surface area contributed by atoms with Gasteiger partial charge in [0, 0.05) is 12.2 Å². The monoisotopic (exact) mass is 290 g/mol. The maximum Gasteiger partial charge on any atom is 0.253 e. The number of hydrogen-bond donors (Lipinski definition) is 1. The van der Waals surface area contributed by atoms with Gasteiger partial charge in [-0.15, -0.1) is 0 Å². The third kappa shape index (κ3) is 1.95. The zero-order chi connectivity index (χ0) is 13.7. The summed E-state index contributed by atoms with van der Waals surface area (Å²) in [7, 11) is 0. The summed E-state index contributed by atoms with van der Waals surface area (Å²) in [6, 6.07) is 3.79. The maximum absolute atomic E-state index is 12.3. The van der Waals surface area contributed by atoms with E-state index in [9.17, 15) is 4.79 Å². The van der Waals surface area contributed by atoms with E-state index in [4.69, 9.17) is 11.6 Å². The molecule has 2 bridgehead atoms. The van der Waals surface area contributed by atoms with E-state index in [2.05, 4.69) is 10.3 Å². The summed E-state index contributed by atoms with van der Waals surface area (Å²) in [4.78, 5) is 16.3. The highest BCUT2D eigenvalue weighted by molar-refractivity contribution is 6.29. The van der Waals surface area contributed by atoms with Gasteiger partial charge in [0.05, 0.1) is 5.56 Å². The van der Waals surface area contributed by atoms with Gasteiger partial charge >= 0.3 is 0 Å². The molecule has 0 unspecified atom stereocenters. The highest BCUT2D eigenvalue weighted by atomic mass is 35.5. The Morgan fingerprint density at radius 2 is 2.05 bits per heavy atom. The van der Waals surface area contributed by atoms with Gasteiger partial charge < -0.3 is 5.32 Å². The van der Waals surface area contributed by atoms with Gasteiger partial charge in [-0.2, -0.15) is 0 Å². The number of halogens is 1. The first kappa shape index (κ1) is 12.6. The van der Waals surface area contributed by atoms with E-state index in [1.165, 1.54) is 32.1 Å². The number of pyridine rings is 1. The van der Waals surface area contributed by atoms with Crippen LogP contribution in [0.2, 0.25) is 5.15 Å².